The van der Waals surface area contributed by atoms with Crippen molar-refractivity contribution in [1.82, 2.24) is 0 Å². The molecule has 230 valence electrons. The number of hydrogen-bond donors (Lipinski definition) is 0. The minimum Gasteiger partial charge on any atom is -0.0736 e. The van der Waals surface area contributed by atoms with Gasteiger partial charge in [0.15, 0.2) is 0 Å². The van der Waals surface area contributed by atoms with Gasteiger partial charge in [-0.15, -0.1) is 0 Å². The van der Waals surface area contributed by atoms with Gasteiger partial charge in [-0.2, -0.15) is 0 Å². The van der Waals surface area contributed by atoms with Crippen molar-refractivity contribution in [1.29, 1.82) is 0 Å². The lowest BCUT2D eigenvalue weighted by molar-refractivity contribution is 0.0706. The van der Waals surface area contributed by atoms with Crippen LogP contribution >= 0.6 is 0 Å². The maximum absolute atomic E-state index is 2.54. The molecule has 0 N–H and O–H groups in total. The van der Waals surface area contributed by atoms with Crippen LogP contribution < -0.4 is 0 Å². The number of allylic oxidation sites excluding steroid dienone is 2. The Kier molecular flexibility index (Phi) is 15.8. The number of unbranched alkanes of at least 4 members (excludes halogenated alkanes) is 5. The van der Waals surface area contributed by atoms with Gasteiger partial charge < -0.3 is 0 Å². The van der Waals surface area contributed by atoms with E-state index in [9.17, 15) is 0 Å². The SMILES string of the molecule is CC1=C(CCC(C)CCCCCCCCC(C)CCCC(C)CCC2C(C)CCCC2(C)C)C(C)(C)CCC1. The fraction of sp³-hybridized carbons (Fsp3) is 0.949. The highest BCUT2D eigenvalue weighted by Gasteiger charge is 2.36. The normalized spacial score (nSPS) is 25.5. The van der Waals surface area contributed by atoms with Crippen LogP contribution in [0.4, 0.5) is 0 Å². The Labute approximate surface area is 248 Å². The number of hydrogen-bond acceptors (Lipinski definition) is 0. The van der Waals surface area contributed by atoms with Crippen molar-refractivity contribution in [2.24, 2.45) is 40.4 Å². The standard InChI is InChI=1S/C39H74/c1-31(21-16-22-33(3)26-28-37-35(5)24-18-30-39(37,8)9)19-14-12-10-11-13-15-20-32(2)25-27-36-34(4)23-17-29-38(36,6)7/h31-33,35,37H,10-30H2,1-9H3. The molecule has 0 aromatic heterocycles. The first kappa shape index (κ1) is 34.9. The molecule has 0 nitrogen and oxygen atoms in total. The predicted octanol–water partition coefficient (Wildman–Crippen LogP) is 13.7. The van der Waals surface area contributed by atoms with Gasteiger partial charge in [-0.05, 0) is 92.3 Å². The molecule has 0 spiro atoms. The minimum absolute atomic E-state index is 0.461. The second-order valence-electron chi connectivity index (χ2n) is 16.5. The lowest BCUT2D eigenvalue weighted by atomic mass is 9.62. The molecule has 0 bridgehead atoms. The summed E-state index contributed by atoms with van der Waals surface area (Å²) in [5, 5.41) is 0. The Bertz CT molecular complexity index is 678. The Balaban J connectivity index is 1.42. The van der Waals surface area contributed by atoms with Gasteiger partial charge in [0.2, 0.25) is 0 Å². The third-order valence-electron chi connectivity index (χ3n) is 11.8. The van der Waals surface area contributed by atoms with Crippen LogP contribution in [0.2, 0.25) is 0 Å². The summed E-state index contributed by atoms with van der Waals surface area (Å²) in [5.41, 5.74) is 4.56. The lowest BCUT2D eigenvalue weighted by Crippen LogP contribution is -2.33. The van der Waals surface area contributed by atoms with E-state index in [0.717, 1.165) is 29.6 Å². The van der Waals surface area contributed by atoms with Crippen LogP contribution in [0.15, 0.2) is 11.1 Å². The van der Waals surface area contributed by atoms with Crippen molar-refractivity contribution in [2.45, 2.75) is 197 Å². The molecule has 0 heteroatoms. The molecule has 0 radical (unpaired) electrons. The van der Waals surface area contributed by atoms with Crippen LogP contribution in [-0.4, -0.2) is 0 Å². The van der Waals surface area contributed by atoms with E-state index in [1.54, 1.807) is 11.1 Å². The minimum atomic E-state index is 0.461. The van der Waals surface area contributed by atoms with Crippen molar-refractivity contribution < 1.29 is 0 Å². The van der Waals surface area contributed by atoms with Crippen LogP contribution in [0, 0.1) is 40.4 Å². The third-order valence-corrected chi connectivity index (χ3v) is 11.8. The van der Waals surface area contributed by atoms with Crippen LogP contribution in [0.5, 0.6) is 0 Å². The fourth-order valence-electron chi connectivity index (χ4n) is 8.73. The van der Waals surface area contributed by atoms with Gasteiger partial charge >= 0.3 is 0 Å². The quantitative estimate of drug-likeness (QED) is 0.112. The van der Waals surface area contributed by atoms with Gasteiger partial charge in [-0.3, -0.25) is 0 Å². The molecule has 0 aliphatic heterocycles. The molecule has 5 atom stereocenters. The predicted molar refractivity (Wildman–Crippen MR) is 177 cm³/mol. The first-order chi connectivity index (χ1) is 18.4. The first-order valence-electron chi connectivity index (χ1n) is 18.1. The van der Waals surface area contributed by atoms with Gasteiger partial charge in [0, 0.05) is 0 Å². The zero-order chi connectivity index (χ0) is 28.9. The molecule has 2 rings (SSSR count). The summed E-state index contributed by atoms with van der Waals surface area (Å²) in [7, 11) is 0. The Morgan fingerprint density at radius 2 is 1.21 bits per heavy atom. The van der Waals surface area contributed by atoms with E-state index < -0.39 is 0 Å². The first-order valence-corrected chi connectivity index (χ1v) is 18.1. The zero-order valence-corrected chi connectivity index (χ0v) is 28.7. The van der Waals surface area contributed by atoms with Crippen molar-refractivity contribution in [3.05, 3.63) is 11.1 Å². The second-order valence-corrected chi connectivity index (χ2v) is 16.5. The lowest BCUT2D eigenvalue weighted by Gasteiger charge is -2.43. The summed E-state index contributed by atoms with van der Waals surface area (Å²) < 4.78 is 0. The summed E-state index contributed by atoms with van der Waals surface area (Å²) in [4.78, 5) is 0. The molecule has 0 amide bonds. The molecule has 39 heavy (non-hydrogen) atoms. The van der Waals surface area contributed by atoms with Crippen LogP contribution in [-0.2, 0) is 0 Å². The highest BCUT2D eigenvalue weighted by Crippen LogP contribution is 2.47. The van der Waals surface area contributed by atoms with Crippen LogP contribution in [0.25, 0.3) is 0 Å². The maximum Gasteiger partial charge on any atom is -0.0142 e. The Morgan fingerprint density at radius 3 is 1.79 bits per heavy atom. The van der Waals surface area contributed by atoms with Gasteiger partial charge in [-0.1, -0.05) is 156 Å². The largest absolute Gasteiger partial charge is 0.0736 e. The smallest absolute Gasteiger partial charge is 0.0142 e. The summed E-state index contributed by atoms with van der Waals surface area (Å²) in [6.07, 6.45) is 30.3. The third kappa shape index (κ3) is 13.1. The molecular formula is C39H74. The van der Waals surface area contributed by atoms with Crippen LogP contribution in [0.3, 0.4) is 0 Å². The fourth-order valence-corrected chi connectivity index (χ4v) is 8.73. The molecule has 0 aromatic rings. The van der Waals surface area contributed by atoms with Gasteiger partial charge in [-0.25, -0.2) is 0 Å². The molecule has 2 aliphatic carbocycles. The van der Waals surface area contributed by atoms with E-state index in [1.807, 2.05) is 0 Å². The number of rotatable bonds is 19. The Hall–Kier alpha value is -0.260. The average Bonchev–Trinajstić information content (AvgIpc) is 2.84. The van der Waals surface area contributed by atoms with E-state index in [0.29, 0.717) is 10.8 Å². The molecule has 1 saturated carbocycles. The molecule has 5 unspecified atom stereocenters. The second kappa shape index (κ2) is 17.6. The van der Waals surface area contributed by atoms with E-state index >= 15 is 0 Å². The monoisotopic (exact) mass is 543 g/mol. The summed E-state index contributed by atoms with van der Waals surface area (Å²) >= 11 is 0. The van der Waals surface area contributed by atoms with E-state index in [-0.39, 0.29) is 0 Å². The van der Waals surface area contributed by atoms with E-state index in [4.69, 9.17) is 0 Å². The molecular weight excluding hydrogens is 468 g/mol. The topological polar surface area (TPSA) is 0 Å². The van der Waals surface area contributed by atoms with Crippen molar-refractivity contribution in [3.63, 3.8) is 0 Å². The molecule has 2 aliphatic rings. The summed E-state index contributed by atoms with van der Waals surface area (Å²) in [5.74, 6) is 4.65. The average molecular weight is 543 g/mol. The maximum atomic E-state index is 2.54. The van der Waals surface area contributed by atoms with Gasteiger partial charge in [0.25, 0.3) is 0 Å². The van der Waals surface area contributed by atoms with E-state index in [2.05, 4.69) is 62.3 Å². The molecule has 0 saturated heterocycles. The van der Waals surface area contributed by atoms with Gasteiger partial charge in [0.05, 0.1) is 0 Å². The highest BCUT2D eigenvalue weighted by molar-refractivity contribution is 5.22. The molecule has 0 heterocycles. The summed E-state index contributed by atoms with van der Waals surface area (Å²) in [6.45, 7) is 22.5. The Morgan fingerprint density at radius 1 is 0.667 bits per heavy atom. The zero-order valence-electron chi connectivity index (χ0n) is 28.7. The van der Waals surface area contributed by atoms with Crippen molar-refractivity contribution in [2.75, 3.05) is 0 Å². The van der Waals surface area contributed by atoms with Crippen molar-refractivity contribution in [3.8, 4) is 0 Å². The highest BCUT2D eigenvalue weighted by atomic mass is 14.4. The summed E-state index contributed by atoms with van der Waals surface area (Å²) in [6, 6.07) is 0. The molecule has 0 aromatic carbocycles. The van der Waals surface area contributed by atoms with E-state index in [1.165, 1.54) is 135 Å². The molecule has 1 fully saturated rings. The van der Waals surface area contributed by atoms with Crippen molar-refractivity contribution >= 4 is 0 Å². The van der Waals surface area contributed by atoms with Gasteiger partial charge in [0.1, 0.15) is 0 Å². The van der Waals surface area contributed by atoms with Crippen LogP contribution in [0.1, 0.15) is 197 Å².